The maximum absolute atomic E-state index is 13.2. The molecule has 2 aromatic rings. The maximum atomic E-state index is 13.2. The summed E-state index contributed by atoms with van der Waals surface area (Å²) in [5.41, 5.74) is 2.08. The summed E-state index contributed by atoms with van der Waals surface area (Å²) in [6.45, 7) is 1.61. The molecule has 0 aromatic heterocycles. The third-order valence-corrected chi connectivity index (χ3v) is 7.05. The normalized spacial score (nSPS) is 20.0. The van der Waals surface area contributed by atoms with E-state index in [4.69, 9.17) is 4.74 Å². The molecule has 0 saturated carbocycles. The number of methoxy groups -OCH3 is 1. The number of ether oxygens (including phenoxy) is 1. The van der Waals surface area contributed by atoms with Crippen molar-refractivity contribution in [2.75, 3.05) is 7.11 Å². The van der Waals surface area contributed by atoms with Crippen LogP contribution in [0.3, 0.4) is 0 Å². The molecule has 0 radical (unpaired) electrons. The minimum Gasteiger partial charge on any atom is -0.497 e. The molecule has 0 saturated heterocycles. The van der Waals surface area contributed by atoms with Crippen LogP contribution in [0.4, 0.5) is 0 Å². The van der Waals surface area contributed by atoms with E-state index in [1.807, 2.05) is 24.3 Å². The highest BCUT2D eigenvalue weighted by Crippen LogP contribution is 2.40. The molecule has 1 aliphatic carbocycles. The summed E-state index contributed by atoms with van der Waals surface area (Å²) < 4.78 is 30.3. The Morgan fingerprint density at radius 3 is 2.38 bits per heavy atom. The molecule has 0 amide bonds. The fourth-order valence-corrected chi connectivity index (χ4v) is 4.82. The predicted molar refractivity (Wildman–Crippen MR) is 92.8 cm³/mol. The smallest absolute Gasteiger partial charge is 0.188 e. The fraction of sp³-hybridized carbons (Fsp3) is 0.211. The van der Waals surface area contributed by atoms with Gasteiger partial charge in [0.15, 0.2) is 9.84 Å². The monoisotopic (exact) mass is 342 g/mol. The highest BCUT2D eigenvalue weighted by molar-refractivity contribution is 7.93. The van der Waals surface area contributed by atoms with Gasteiger partial charge in [0.05, 0.1) is 12.0 Å². The molecule has 3 rings (SSSR count). The van der Waals surface area contributed by atoms with E-state index in [9.17, 15) is 13.2 Å². The van der Waals surface area contributed by atoms with Gasteiger partial charge in [-0.1, -0.05) is 24.3 Å². The van der Waals surface area contributed by atoms with Crippen LogP contribution in [0, 0.1) is 0 Å². The molecule has 1 aliphatic rings. The molecule has 0 spiro atoms. The van der Waals surface area contributed by atoms with Crippen molar-refractivity contribution in [2.45, 2.75) is 23.0 Å². The van der Waals surface area contributed by atoms with Crippen molar-refractivity contribution in [1.82, 2.24) is 0 Å². The zero-order valence-electron chi connectivity index (χ0n) is 13.5. The first-order valence-electron chi connectivity index (χ1n) is 7.56. The summed E-state index contributed by atoms with van der Waals surface area (Å²) in [6, 6.07) is 13.8. The molecule has 0 heterocycles. The maximum Gasteiger partial charge on any atom is 0.188 e. The highest BCUT2D eigenvalue weighted by atomic mass is 32.2. The van der Waals surface area contributed by atoms with Crippen LogP contribution >= 0.6 is 0 Å². The van der Waals surface area contributed by atoms with Gasteiger partial charge in [0.1, 0.15) is 16.8 Å². The Labute approximate surface area is 141 Å². The number of carbonyl (C=O) groups excluding carboxylic acids is 1. The summed E-state index contributed by atoms with van der Waals surface area (Å²) in [4.78, 5) is 11.8. The van der Waals surface area contributed by atoms with Crippen molar-refractivity contribution in [1.29, 1.82) is 0 Å². The second-order valence-electron chi connectivity index (χ2n) is 6.00. The number of rotatable bonds is 4. The molecular formula is C19H18O4S. The SMILES string of the molecule is COc1ccc(S(=O)(=O)C2(C)Cc3ccccc3C=C2C=O)cc1. The van der Waals surface area contributed by atoms with Crippen LogP contribution in [-0.2, 0) is 21.1 Å². The third kappa shape index (κ3) is 2.45. The van der Waals surface area contributed by atoms with Gasteiger partial charge in [-0.05, 0) is 54.8 Å². The average Bonchev–Trinajstić information content (AvgIpc) is 2.61. The van der Waals surface area contributed by atoms with E-state index in [0.29, 0.717) is 12.0 Å². The fourth-order valence-electron chi connectivity index (χ4n) is 3.05. The number of hydrogen-bond acceptors (Lipinski definition) is 4. The predicted octanol–water partition coefficient (Wildman–Crippen LogP) is 3.07. The van der Waals surface area contributed by atoms with Crippen LogP contribution in [0.1, 0.15) is 18.1 Å². The summed E-state index contributed by atoms with van der Waals surface area (Å²) >= 11 is 0. The lowest BCUT2D eigenvalue weighted by atomic mass is 9.84. The van der Waals surface area contributed by atoms with Crippen molar-refractivity contribution >= 4 is 22.2 Å². The van der Waals surface area contributed by atoms with E-state index < -0.39 is 14.6 Å². The lowest BCUT2D eigenvalue weighted by Gasteiger charge is -2.33. The van der Waals surface area contributed by atoms with Crippen molar-refractivity contribution in [3.63, 3.8) is 0 Å². The Balaban J connectivity index is 2.13. The van der Waals surface area contributed by atoms with E-state index in [-0.39, 0.29) is 16.9 Å². The molecule has 0 aliphatic heterocycles. The Kier molecular flexibility index (Phi) is 4.05. The molecule has 0 N–H and O–H groups in total. The first kappa shape index (κ1) is 16.5. The Hall–Kier alpha value is -2.40. The quantitative estimate of drug-likeness (QED) is 0.801. The van der Waals surface area contributed by atoms with Crippen LogP contribution in [0.2, 0.25) is 0 Å². The molecule has 0 fully saturated rings. The van der Waals surface area contributed by atoms with E-state index in [1.54, 1.807) is 25.1 Å². The van der Waals surface area contributed by atoms with Crippen molar-refractivity contribution < 1.29 is 17.9 Å². The van der Waals surface area contributed by atoms with Gasteiger partial charge in [-0.25, -0.2) is 8.42 Å². The Morgan fingerprint density at radius 2 is 1.75 bits per heavy atom. The molecule has 1 atom stereocenters. The molecule has 124 valence electrons. The summed E-state index contributed by atoms with van der Waals surface area (Å²) in [5, 5.41) is 0. The standard InChI is InChI=1S/C19H18O4S/c1-19(24(21,22)18-9-7-17(23-2)8-10-18)12-15-6-4-3-5-14(15)11-16(19)13-20/h3-11,13H,12H2,1-2H3. The number of sulfone groups is 1. The first-order chi connectivity index (χ1) is 11.4. The van der Waals surface area contributed by atoms with E-state index >= 15 is 0 Å². The van der Waals surface area contributed by atoms with Crippen molar-refractivity contribution in [2.24, 2.45) is 0 Å². The molecule has 1 unspecified atom stereocenters. The van der Waals surface area contributed by atoms with Gasteiger partial charge in [-0.15, -0.1) is 0 Å². The zero-order chi connectivity index (χ0) is 17.4. The molecule has 0 bridgehead atoms. The van der Waals surface area contributed by atoms with Crippen molar-refractivity contribution in [3.05, 3.63) is 65.2 Å². The lowest BCUT2D eigenvalue weighted by molar-refractivity contribution is -0.105. The van der Waals surface area contributed by atoms with Crippen LogP contribution in [0.25, 0.3) is 6.08 Å². The molecule has 4 nitrogen and oxygen atoms in total. The van der Waals surface area contributed by atoms with Crippen LogP contribution in [0.15, 0.2) is 59.0 Å². The average molecular weight is 342 g/mol. The summed E-state index contributed by atoms with van der Waals surface area (Å²) in [5.74, 6) is 0.583. The second-order valence-corrected chi connectivity index (χ2v) is 8.38. The van der Waals surface area contributed by atoms with Crippen LogP contribution < -0.4 is 4.74 Å². The Bertz CT molecular complexity index is 911. The Morgan fingerprint density at radius 1 is 1.08 bits per heavy atom. The van der Waals surface area contributed by atoms with Gasteiger partial charge < -0.3 is 4.74 Å². The molecular weight excluding hydrogens is 324 g/mol. The molecule has 5 heteroatoms. The van der Waals surface area contributed by atoms with E-state index in [1.165, 1.54) is 19.2 Å². The second kappa shape index (κ2) is 5.91. The minimum absolute atomic E-state index is 0.179. The topological polar surface area (TPSA) is 60.4 Å². The van der Waals surface area contributed by atoms with Crippen LogP contribution in [-0.4, -0.2) is 26.6 Å². The minimum atomic E-state index is -3.75. The van der Waals surface area contributed by atoms with E-state index in [2.05, 4.69) is 0 Å². The number of benzene rings is 2. The van der Waals surface area contributed by atoms with Gasteiger partial charge in [-0.3, -0.25) is 4.79 Å². The number of aldehydes is 1. The van der Waals surface area contributed by atoms with Gasteiger partial charge >= 0.3 is 0 Å². The number of fused-ring (bicyclic) bond motifs is 1. The summed E-state index contributed by atoms with van der Waals surface area (Å²) in [7, 11) is -2.22. The van der Waals surface area contributed by atoms with Gasteiger partial charge in [0.2, 0.25) is 0 Å². The lowest BCUT2D eigenvalue weighted by Crippen LogP contribution is -2.42. The molecule has 2 aromatic carbocycles. The van der Waals surface area contributed by atoms with Gasteiger partial charge in [-0.2, -0.15) is 0 Å². The molecule has 24 heavy (non-hydrogen) atoms. The van der Waals surface area contributed by atoms with Gasteiger partial charge in [0.25, 0.3) is 0 Å². The van der Waals surface area contributed by atoms with E-state index in [0.717, 1.165) is 11.1 Å². The van der Waals surface area contributed by atoms with Crippen LogP contribution in [0.5, 0.6) is 5.75 Å². The summed E-state index contributed by atoms with van der Waals surface area (Å²) in [6.07, 6.45) is 2.59. The third-order valence-electron chi connectivity index (χ3n) is 4.59. The first-order valence-corrected chi connectivity index (χ1v) is 9.04. The van der Waals surface area contributed by atoms with Gasteiger partial charge in [0, 0.05) is 5.57 Å². The van der Waals surface area contributed by atoms with Crippen molar-refractivity contribution in [3.8, 4) is 5.75 Å². The largest absolute Gasteiger partial charge is 0.497 e. The number of carbonyl (C=O) groups is 1. The zero-order valence-corrected chi connectivity index (χ0v) is 14.3. The highest BCUT2D eigenvalue weighted by Gasteiger charge is 2.45. The number of hydrogen-bond donors (Lipinski definition) is 0.